The molecular formula is C14H29NO. The quantitative estimate of drug-likeness (QED) is 0.590. The van der Waals surface area contributed by atoms with Gasteiger partial charge in [0.1, 0.15) is 0 Å². The van der Waals surface area contributed by atoms with Gasteiger partial charge in [-0.2, -0.15) is 0 Å². The largest absolute Gasteiger partial charge is 0.300 e. The second-order valence-electron chi connectivity index (χ2n) is 3.67. The van der Waals surface area contributed by atoms with Crippen LogP contribution in [0.4, 0.5) is 0 Å². The molecule has 0 aliphatic carbocycles. The molecule has 0 bridgehead atoms. The molecule has 0 saturated carbocycles. The van der Waals surface area contributed by atoms with Crippen molar-refractivity contribution in [3.8, 4) is 0 Å². The molecule has 0 spiro atoms. The standard InChI is InChI=1S/C12H23NO.C2H6/c1-4-6-10-13(9-5-2)11-7-8-12(3)14;1-2/h7-8H,4-6,9-11H2,1-3H3;1-2H3/b8-7+;. The molecule has 0 rings (SSSR count). The lowest BCUT2D eigenvalue weighted by atomic mass is 10.3. The fourth-order valence-corrected chi connectivity index (χ4v) is 1.36. The number of nitrogens with zero attached hydrogens (tertiary/aromatic N) is 1. The van der Waals surface area contributed by atoms with Crippen molar-refractivity contribution in [2.45, 2.75) is 53.9 Å². The van der Waals surface area contributed by atoms with Crippen molar-refractivity contribution in [2.24, 2.45) is 0 Å². The van der Waals surface area contributed by atoms with Gasteiger partial charge in [-0.3, -0.25) is 9.69 Å². The Morgan fingerprint density at radius 1 is 1.12 bits per heavy atom. The van der Waals surface area contributed by atoms with Gasteiger partial charge in [-0.15, -0.1) is 0 Å². The van der Waals surface area contributed by atoms with Crippen molar-refractivity contribution in [1.82, 2.24) is 4.90 Å². The van der Waals surface area contributed by atoms with Gasteiger partial charge < -0.3 is 0 Å². The third-order valence-electron chi connectivity index (χ3n) is 2.08. The van der Waals surface area contributed by atoms with Crippen molar-refractivity contribution < 1.29 is 4.79 Å². The Labute approximate surface area is 102 Å². The molecule has 0 aromatic heterocycles. The number of hydrogen-bond donors (Lipinski definition) is 0. The maximum atomic E-state index is 10.7. The van der Waals surface area contributed by atoms with Crippen LogP contribution in [0, 0.1) is 0 Å². The number of allylic oxidation sites excluding steroid dienone is 1. The maximum absolute atomic E-state index is 10.7. The van der Waals surface area contributed by atoms with E-state index in [1.54, 1.807) is 13.0 Å². The van der Waals surface area contributed by atoms with Gasteiger partial charge in [-0.05, 0) is 38.9 Å². The summed E-state index contributed by atoms with van der Waals surface area (Å²) in [5, 5.41) is 0. The molecular weight excluding hydrogens is 198 g/mol. The summed E-state index contributed by atoms with van der Waals surface area (Å²) in [6.07, 6.45) is 7.28. The molecule has 0 aliphatic heterocycles. The van der Waals surface area contributed by atoms with Crippen molar-refractivity contribution in [2.75, 3.05) is 19.6 Å². The van der Waals surface area contributed by atoms with E-state index in [0.29, 0.717) is 0 Å². The second-order valence-corrected chi connectivity index (χ2v) is 3.67. The second kappa shape index (κ2) is 14.4. The van der Waals surface area contributed by atoms with Crippen molar-refractivity contribution in [1.29, 1.82) is 0 Å². The van der Waals surface area contributed by atoms with Gasteiger partial charge >= 0.3 is 0 Å². The van der Waals surface area contributed by atoms with Gasteiger partial charge in [0.05, 0.1) is 0 Å². The van der Waals surface area contributed by atoms with E-state index in [0.717, 1.165) is 19.6 Å². The van der Waals surface area contributed by atoms with Crippen LogP contribution in [0.25, 0.3) is 0 Å². The summed E-state index contributed by atoms with van der Waals surface area (Å²) in [5.41, 5.74) is 0. The van der Waals surface area contributed by atoms with Crippen LogP contribution in [0.3, 0.4) is 0 Å². The lowest BCUT2D eigenvalue weighted by Gasteiger charge is -2.19. The van der Waals surface area contributed by atoms with Gasteiger partial charge in [0.25, 0.3) is 0 Å². The topological polar surface area (TPSA) is 20.3 Å². The van der Waals surface area contributed by atoms with Gasteiger partial charge in [0.15, 0.2) is 5.78 Å². The van der Waals surface area contributed by atoms with Gasteiger partial charge in [-0.1, -0.05) is 40.2 Å². The highest BCUT2D eigenvalue weighted by molar-refractivity contribution is 5.87. The van der Waals surface area contributed by atoms with E-state index in [1.807, 2.05) is 19.9 Å². The van der Waals surface area contributed by atoms with Crippen molar-refractivity contribution in [3.63, 3.8) is 0 Å². The highest BCUT2D eigenvalue weighted by atomic mass is 16.1. The van der Waals surface area contributed by atoms with Gasteiger partial charge in [0, 0.05) is 6.54 Å². The summed E-state index contributed by atoms with van der Waals surface area (Å²) >= 11 is 0. The molecule has 0 aromatic rings. The predicted molar refractivity (Wildman–Crippen MR) is 72.8 cm³/mol. The highest BCUT2D eigenvalue weighted by Crippen LogP contribution is 1.97. The van der Waals surface area contributed by atoms with Crippen LogP contribution in [0.2, 0.25) is 0 Å². The van der Waals surface area contributed by atoms with Crippen molar-refractivity contribution in [3.05, 3.63) is 12.2 Å². The molecule has 16 heavy (non-hydrogen) atoms. The maximum Gasteiger partial charge on any atom is 0.152 e. The van der Waals surface area contributed by atoms with Crippen LogP contribution in [-0.4, -0.2) is 30.3 Å². The van der Waals surface area contributed by atoms with E-state index in [2.05, 4.69) is 18.7 Å². The van der Waals surface area contributed by atoms with E-state index < -0.39 is 0 Å². The fraction of sp³-hybridized carbons (Fsp3) is 0.786. The molecule has 0 aromatic carbocycles. The van der Waals surface area contributed by atoms with Gasteiger partial charge in [-0.25, -0.2) is 0 Å². The lowest BCUT2D eigenvalue weighted by molar-refractivity contribution is -0.112. The molecule has 96 valence electrons. The number of hydrogen-bond acceptors (Lipinski definition) is 2. The molecule has 0 heterocycles. The zero-order valence-electron chi connectivity index (χ0n) is 11.8. The van der Waals surface area contributed by atoms with Gasteiger partial charge in [0.2, 0.25) is 0 Å². The van der Waals surface area contributed by atoms with E-state index in [1.165, 1.54) is 19.3 Å². The minimum absolute atomic E-state index is 0.136. The average molecular weight is 227 g/mol. The zero-order valence-corrected chi connectivity index (χ0v) is 11.8. The van der Waals surface area contributed by atoms with Crippen LogP contribution in [-0.2, 0) is 4.79 Å². The van der Waals surface area contributed by atoms with E-state index in [4.69, 9.17) is 0 Å². The first kappa shape index (κ1) is 17.8. The fourth-order valence-electron chi connectivity index (χ4n) is 1.36. The number of ketones is 1. The van der Waals surface area contributed by atoms with Crippen molar-refractivity contribution >= 4 is 5.78 Å². The van der Waals surface area contributed by atoms with E-state index in [-0.39, 0.29) is 5.78 Å². The molecule has 0 radical (unpaired) electrons. The Bertz CT molecular complexity index is 176. The molecule has 0 aliphatic rings. The minimum Gasteiger partial charge on any atom is -0.300 e. The SMILES string of the molecule is CC.CCCCN(C/C=C/C(C)=O)CCC. The molecule has 0 amide bonds. The Balaban J connectivity index is 0. The molecule has 0 fully saturated rings. The smallest absolute Gasteiger partial charge is 0.152 e. The number of carbonyl (C=O) groups excluding carboxylic acids is 1. The first-order valence-electron chi connectivity index (χ1n) is 6.60. The van der Waals surface area contributed by atoms with Crippen LogP contribution in [0.15, 0.2) is 12.2 Å². The number of rotatable bonds is 8. The average Bonchev–Trinajstić information content (AvgIpc) is 2.28. The number of carbonyl (C=O) groups is 1. The van der Waals surface area contributed by atoms with E-state index in [9.17, 15) is 4.79 Å². The summed E-state index contributed by atoms with van der Waals surface area (Å²) in [6, 6.07) is 0. The first-order chi connectivity index (χ1) is 7.70. The minimum atomic E-state index is 0.136. The van der Waals surface area contributed by atoms with Crippen LogP contribution in [0.1, 0.15) is 53.9 Å². The Morgan fingerprint density at radius 3 is 2.19 bits per heavy atom. The Kier molecular flexibility index (Phi) is 15.9. The molecule has 2 nitrogen and oxygen atoms in total. The molecule has 0 N–H and O–H groups in total. The summed E-state index contributed by atoms with van der Waals surface area (Å²) in [4.78, 5) is 13.1. The summed E-state index contributed by atoms with van der Waals surface area (Å²) < 4.78 is 0. The Hall–Kier alpha value is -0.630. The summed E-state index contributed by atoms with van der Waals surface area (Å²) in [6.45, 7) is 13.2. The van der Waals surface area contributed by atoms with Crippen LogP contribution >= 0.6 is 0 Å². The molecule has 0 atom stereocenters. The Morgan fingerprint density at radius 2 is 1.75 bits per heavy atom. The monoisotopic (exact) mass is 227 g/mol. The lowest BCUT2D eigenvalue weighted by Crippen LogP contribution is -2.25. The molecule has 2 heteroatoms. The third kappa shape index (κ3) is 13.4. The predicted octanol–water partition coefficient (Wildman–Crippen LogP) is 3.67. The highest BCUT2D eigenvalue weighted by Gasteiger charge is 1.99. The molecule has 0 saturated heterocycles. The van der Waals surface area contributed by atoms with Crippen LogP contribution < -0.4 is 0 Å². The zero-order chi connectivity index (χ0) is 12.8. The summed E-state index contributed by atoms with van der Waals surface area (Å²) in [5.74, 6) is 0.136. The first-order valence-corrected chi connectivity index (χ1v) is 6.60. The van der Waals surface area contributed by atoms with Crippen LogP contribution in [0.5, 0.6) is 0 Å². The third-order valence-corrected chi connectivity index (χ3v) is 2.08. The summed E-state index contributed by atoms with van der Waals surface area (Å²) in [7, 11) is 0. The van der Waals surface area contributed by atoms with E-state index >= 15 is 0 Å². The number of unbranched alkanes of at least 4 members (excludes halogenated alkanes) is 1. The molecule has 0 unspecified atom stereocenters. The normalized spacial score (nSPS) is 10.4.